The first-order valence-electron chi connectivity index (χ1n) is 10.3. The molecule has 3 rings (SSSR count). The summed E-state index contributed by atoms with van der Waals surface area (Å²) in [5.41, 5.74) is 3.39. The van der Waals surface area contributed by atoms with E-state index in [4.69, 9.17) is 0 Å². The van der Waals surface area contributed by atoms with Crippen LogP contribution in [0.1, 0.15) is 80.2 Å². The van der Waals surface area contributed by atoms with Crippen molar-refractivity contribution >= 4 is 23.2 Å². The van der Waals surface area contributed by atoms with Crippen molar-refractivity contribution in [1.29, 1.82) is 0 Å². The van der Waals surface area contributed by atoms with Gasteiger partial charge in [0.2, 0.25) is 5.95 Å². The van der Waals surface area contributed by atoms with Gasteiger partial charge in [0.25, 0.3) is 0 Å². The van der Waals surface area contributed by atoms with Crippen LogP contribution in [0.15, 0.2) is 29.4 Å². The van der Waals surface area contributed by atoms with Gasteiger partial charge in [0.15, 0.2) is 11.5 Å². The molecule has 0 unspecified atom stereocenters. The quantitative estimate of drug-likeness (QED) is 0.322. The van der Waals surface area contributed by atoms with Crippen molar-refractivity contribution in [3.05, 3.63) is 52.7 Å². The second kappa shape index (κ2) is 10.4. The van der Waals surface area contributed by atoms with E-state index in [-0.39, 0.29) is 11.5 Å². The van der Waals surface area contributed by atoms with Gasteiger partial charge >= 0.3 is 0 Å². The van der Waals surface area contributed by atoms with Crippen LogP contribution in [-0.4, -0.2) is 15.1 Å². The molecule has 0 radical (unpaired) electrons. The van der Waals surface area contributed by atoms with Gasteiger partial charge in [-0.25, -0.2) is 4.98 Å². The van der Waals surface area contributed by atoms with Crippen LogP contribution < -0.4 is 0 Å². The number of hydrogen-bond donors (Lipinski definition) is 0. The molecular weight excluding hydrogens is 381 g/mol. The smallest absolute Gasteiger partial charge is 0.239 e. The highest BCUT2D eigenvalue weighted by molar-refractivity contribution is 7.78. The summed E-state index contributed by atoms with van der Waals surface area (Å²) in [6, 6.07) is 6.45. The number of rotatable bonds is 5. The van der Waals surface area contributed by atoms with Crippen molar-refractivity contribution in [1.82, 2.24) is 9.97 Å². The maximum Gasteiger partial charge on any atom is 0.249 e. The van der Waals surface area contributed by atoms with Crippen molar-refractivity contribution in [3.63, 3.8) is 0 Å². The molecule has 1 saturated carbocycles. The van der Waals surface area contributed by atoms with E-state index in [0.29, 0.717) is 5.92 Å². The van der Waals surface area contributed by atoms with Gasteiger partial charge in [0.05, 0.1) is 11.4 Å². The van der Waals surface area contributed by atoms with Crippen LogP contribution in [0.25, 0.3) is 0 Å². The van der Waals surface area contributed by atoms with Crippen LogP contribution in [0.5, 0.6) is 0 Å². The fourth-order valence-electron chi connectivity index (χ4n) is 4.03. The van der Waals surface area contributed by atoms with Gasteiger partial charge in [-0.3, -0.25) is 0 Å². The number of thiocarbonyl (C=S) groups is 1. The Morgan fingerprint density at radius 1 is 1.21 bits per heavy atom. The Balaban J connectivity index is 1.68. The largest absolute Gasteiger partial charge is 0.249 e. The van der Waals surface area contributed by atoms with Crippen LogP contribution in [0, 0.1) is 30.6 Å². The molecule has 1 aliphatic carbocycles. The SMILES string of the molecule is CCCCC1CCC(c2ccc(C#Cc3ncc(N=C=S)nc3F)c(C)c2)CC1. The first-order valence-corrected chi connectivity index (χ1v) is 10.7. The van der Waals surface area contributed by atoms with Crippen LogP contribution in [0.4, 0.5) is 10.2 Å². The summed E-state index contributed by atoms with van der Waals surface area (Å²) < 4.78 is 14.0. The maximum atomic E-state index is 14.0. The number of aryl methyl sites for hydroxylation is 1. The zero-order valence-electron chi connectivity index (χ0n) is 17.0. The molecule has 1 aromatic carbocycles. The van der Waals surface area contributed by atoms with Crippen LogP contribution in [0.3, 0.4) is 0 Å². The Morgan fingerprint density at radius 2 is 2.00 bits per heavy atom. The first-order chi connectivity index (χ1) is 14.1. The summed E-state index contributed by atoms with van der Waals surface area (Å²) in [6.45, 7) is 4.32. The van der Waals surface area contributed by atoms with Gasteiger partial charge in [0.1, 0.15) is 0 Å². The number of isothiocyanates is 1. The van der Waals surface area contributed by atoms with Crippen molar-refractivity contribution < 1.29 is 4.39 Å². The average Bonchev–Trinajstić information content (AvgIpc) is 2.73. The van der Waals surface area contributed by atoms with E-state index < -0.39 is 5.95 Å². The van der Waals surface area contributed by atoms with E-state index in [2.05, 4.69) is 70.2 Å². The Hall–Kier alpha value is -2.41. The lowest BCUT2D eigenvalue weighted by Crippen LogP contribution is -2.13. The lowest BCUT2D eigenvalue weighted by atomic mass is 9.76. The highest BCUT2D eigenvalue weighted by Crippen LogP contribution is 2.38. The summed E-state index contributed by atoms with van der Waals surface area (Å²) in [6.07, 6.45) is 10.6. The standard InChI is InChI=1S/C24H26FN3S/c1-3-4-5-18-6-8-20(9-7-18)21-11-10-19(17(2)14-21)12-13-22-24(25)28-23(15-26-22)27-16-29/h10-11,14-15,18,20H,3-9H2,1-2H3. The minimum Gasteiger partial charge on any atom is -0.239 e. The molecular formula is C24H26FN3S. The van der Waals surface area contributed by atoms with E-state index >= 15 is 0 Å². The lowest BCUT2D eigenvalue weighted by molar-refractivity contribution is 0.304. The summed E-state index contributed by atoms with van der Waals surface area (Å²) in [5, 5.41) is 2.14. The third-order valence-electron chi connectivity index (χ3n) is 5.73. The van der Waals surface area contributed by atoms with Gasteiger partial charge in [-0.2, -0.15) is 14.4 Å². The molecule has 0 aliphatic heterocycles. The zero-order valence-corrected chi connectivity index (χ0v) is 17.9. The molecule has 5 heteroatoms. The molecule has 1 heterocycles. The third kappa shape index (κ3) is 5.79. The van der Waals surface area contributed by atoms with Gasteiger partial charge in [-0.05, 0) is 79.8 Å². The summed E-state index contributed by atoms with van der Waals surface area (Å²) in [5.74, 6) is 6.69. The minimum atomic E-state index is -0.752. The van der Waals surface area contributed by atoms with E-state index in [9.17, 15) is 4.39 Å². The molecule has 0 saturated heterocycles. The van der Waals surface area contributed by atoms with Gasteiger partial charge in [-0.15, -0.1) is 0 Å². The molecule has 0 amide bonds. The number of benzene rings is 1. The number of unbranched alkanes of at least 4 members (excludes halogenated alkanes) is 1. The Morgan fingerprint density at radius 3 is 2.66 bits per heavy atom. The van der Waals surface area contributed by atoms with Crippen LogP contribution in [0.2, 0.25) is 0 Å². The second-order valence-corrected chi connectivity index (χ2v) is 7.94. The van der Waals surface area contributed by atoms with Crippen molar-refractivity contribution in [2.45, 2.75) is 64.7 Å². The second-order valence-electron chi connectivity index (χ2n) is 7.75. The van der Waals surface area contributed by atoms with Gasteiger partial charge in [0, 0.05) is 5.56 Å². The van der Waals surface area contributed by atoms with E-state index in [1.54, 1.807) is 0 Å². The fourth-order valence-corrected chi connectivity index (χ4v) is 4.12. The highest BCUT2D eigenvalue weighted by atomic mass is 32.1. The van der Waals surface area contributed by atoms with Crippen molar-refractivity contribution in [3.8, 4) is 11.8 Å². The van der Waals surface area contributed by atoms with Crippen LogP contribution >= 0.6 is 12.2 Å². The van der Waals surface area contributed by atoms with Crippen molar-refractivity contribution in [2.24, 2.45) is 10.9 Å². The topological polar surface area (TPSA) is 38.1 Å². The summed E-state index contributed by atoms with van der Waals surface area (Å²) in [7, 11) is 0. The predicted molar refractivity (Wildman–Crippen MR) is 118 cm³/mol. The first kappa shape index (κ1) is 21.3. The van der Waals surface area contributed by atoms with Gasteiger partial charge < -0.3 is 0 Å². The number of aromatic nitrogens is 2. The molecule has 1 aromatic heterocycles. The molecule has 29 heavy (non-hydrogen) atoms. The van der Waals surface area contributed by atoms with E-state index in [1.807, 2.05) is 6.07 Å². The summed E-state index contributed by atoms with van der Waals surface area (Å²) in [4.78, 5) is 11.3. The molecule has 0 bridgehead atoms. The summed E-state index contributed by atoms with van der Waals surface area (Å²) >= 11 is 4.48. The maximum absolute atomic E-state index is 14.0. The molecule has 1 fully saturated rings. The van der Waals surface area contributed by atoms with E-state index in [1.165, 1.54) is 56.7 Å². The van der Waals surface area contributed by atoms with Crippen molar-refractivity contribution in [2.75, 3.05) is 0 Å². The average molecular weight is 408 g/mol. The van der Waals surface area contributed by atoms with Crippen LogP contribution in [-0.2, 0) is 0 Å². The van der Waals surface area contributed by atoms with Gasteiger partial charge in [-0.1, -0.05) is 44.2 Å². The number of hydrogen-bond acceptors (Lipinski definition) is 4. The number of halogens is 1. The Labute approximate surface area is 177 Å². The third-order valence-corrected chi connectivity index (χ3v) is 5.82. The molecule has 150 valence electrons. The Kier molecular flexibility index (Phi) is 7.63. The molecule has 3 nitrogen and oxygen atoms in total. The lowest BCUT2D eigenvalue weighted by Gasteiger charge is -2.29. The molecule has 0 atom stereocenters. The highest BCUT2D eigenvalue weighted by Gasteiger charge is 2.22. The van der Waals surface area contributed by atoms with E-state index in [0.717, 1.165) is 17.0 Å². The number of nitrogens with zero attached hydrogens (tertiary/aromatic N) is 3. The molecule has 2 aromatic rings. The minimum absolute atomic E-state index is 0.00203. The molecule has 0 spiro atoms. The molecule has 0 N–H and O–H groups in total. The zero-order chi connectivity index (χ0) is 20.6. The Bertz CT molecular complexity index is 962. The normalized spacial score (nSPS) is 18.4. The fraction of sp³-hybridized carbons (Fsp3) is 0.458. The molecule has 1 aliphatic rings. The predicted octanol–water partition coefficient (Wildman–Crippen LogP) is 6.52. The number of aliphatic imine (C=N–C) groups is 1. The monoisotopic (exact) mass is 407 g/mol.